The number of nitrogen functional groups attached to an aromatic ring is 2. The van der Waals surface area contributed by atoms with E-state index in [9.17, 15) is 43.9 Å². The first kappa shape index (κ1) is 30.2. The van der Waals surface area contributed by atoms with E-state index in [1.165, 1.54) is 24.3 Å². The number of hydrogen-bond donors (Lipinski definition) is 7. The predicted molar refractivity (Wildman–Crippen MR) is 134 cm³/mol. The van der Waals surface area contributed by atoms with E-state index in [0.29, 0.717) is 0 Å². The molecule has 15 nitrogen and oxygen atoms in total. The summed E-state index contributed by atoms with van der Waals surface area (Å²) in [5.74, 6) is -1.93. The molecule has 0 aliphatic rings. The highest BCUT2D eigenvalue weighted by molar-refractivity contribution is 7.86. The maximum Gasteiger partial charge on any atom is 0.295 e. The zero-order valence-corrected chi connectivity index (χ0v) is 21.3. The van der Waals surface area contributed by atoms with Crippen LogP contribution in [0.4, 0.5) is 11.4 Å². The van der Waals surface area contributed by atoms with Crippen molar-refractivity contribution < 1.29 is 48.5 Å². The molecule has 0 fully saturated rings. The minimum absolute atomic E-state index is 0.0558. The van der Waals surface area contributed by atoms with Gasteiger partial charge in [-0.2, -0.15) is 25.3 Å². The third-order valence-corrected chi connectivity index (χ3v) is 7.35. The Kier molecular flexibility index (Phi) is 8.52. The Balaban J connectivity index is 0.000000281. The molecule has 3 aromatic carbocycles. The summed E-state index contributed by atoms with van der Waals surface area (Å²) in [6, 6.07) is 9.99. The smallest absolute Gasteiger partial charge is 0.295 e. The Hall–Kier alpha value is -4.07. The van der Waals surface area contributed by atoms with Crippen molar-refractivity contribution in [2.45, 2.75) is 14.7 Å². The van der Waals surface area contributed by atoms with Crippen molar-refractivity contribution in [2.24, 2.45) is 11.5 Å². The minimum Gasteiger partial charge on any atom is -0.399 e. The second-order valence-corrected chi connectivity index (χ2v) is 11.5. The van der Waals surface area contributed by atoms with E-state index in [0.717, 1.165) is 30.3 Å². The molecular formula is C20H20N4O11S3. The summed E-state index contributed by atoms with van der Waals surface area (Å²) in [6.45, 7) is 0. The number of anilines is 2. The Morgan fingerprint density at radius 2 is 0.947 bits per heavy atom. The molecule has 0 aromatic heterocycles. The molecule has 0 saturated heterocycles. The highest BCUT2D eigenvalue weighted by Gasteiger charge is 2.24. The summed E-state index contributed by atoms with van der Waals surface area (Å²) < 4.78 is 95.1. The number of amides is 2. The van der Waals surface area contributed by atoms with E-state index in [1.807, 2.05) is 0 Å². The number of hydrogen-bond acceptors (Lipinski definition) is 10. The maximum atomic E-state index is 11.5. The number of rotatable bonds is 6. The van der Waals surface area contributed by atoms with Crippen molar-refractivity contribution in [3.63, 3.8) is 0 Å². The summed E-state index contributed by atoms with van der Waals surface area (Å²) in [5, 5.41) is 0. The molecule has 204 valence electrons. The summed E-state index contributed by atoms with van der Waals surface area (Å²) in [5.41, 5.74) is 20.1. The van der Waals surface area contributed by atoms with Gasteiger partial charge >= 0.3 is 0 Å². The molecule has 0 spiro atoms. The van der Waals surface area contributed by atoms with Crippen molar-refractivity contribution in [3.05, 3.63) is 65.7 Å². The summed E-state index contributed by atoms with van der Waals surface area (Å²) in [7, 11) is -14.0. The number of primary amides is 2. The molecule has 0 aliphatic heterocycles. The SMILES string of the molecule is NC(=O)c1ccc(C(N)=O)c(S(=O)(=O)O)c1.Nc1ccc(-c2ccc(N)cc2S(=O)(=O)O)c(S(=O)(=O)O)c1. The largest absolute Gasteiger partial charge is 0.399 e. The van der Waals surface area contributed by atoms with E-state index >= 15 is 0 Å². The van der Waals surface area contributed by atoms with Gasteiger partial charge in [-0.05, 0) is 42.5 Å². The molecule has 3 aromatic rings. The van der Waals surface area contributed by atoms with E-state index in [1.54, 1.807) is 0 Å². The topological polar surface area (TPSA) is 301 Å². The van der Waals surface area contributed by atoms with Gasteiger partial charge in [-0.15, -0.1) is 0 Å². The summed E-state index contributed by atoms with van der Waals surface area (Å²) >= 11 is 0. The second kappa shape index (κ2) is 10.7. The van der Waals surface area contributed by atoms with Gasteiger partial charge in [0.05, 0.1) is 5.56 Å². The fourth-order valence-electron chi connectivity index (χ4n) is 3.04. The molecule has 2 amide bonds. The molecule has 0 unspecified atom stereocenters. The fraction of sp³-hybridized carbons (Fsp3) is 0. The van der Waals surface area contributed by atoms with Crippen LogP contribution in [0, 0.1) is 0 Å². The van der Waals surface area contributed by atoms with Gasteiger partial charge in [-0.1, -0.05) is 12.1 Å². The lowest BCUT2D eigenvalue weighted by atomic mass is 10.0. The van der Waals surface area contributed by atoms with E-state index < -0.39 is 62.4 Å². The van der Waals surface area contributed by atoms with Gasteiger partial charge < -0.3 is 22.9 Å². The molecule has 18 heteroatoms. The van der Waals surface area contributed by atoms with Crippen LogP contribution in [0.15, 0.2) is 69.3 Å². The summed E-state index contributed by atoms with van der Waals surface area (Å²) in [6.07, 6.45) is 0. The van der Waals surface area contributed by atoms with Crippen molar-refractivity contribution in [3.8, 4) is 11.1 Å². The zero-order chi connectivity index (χ0) is 29.2. The molecular weight excluding hydrogens is 568 g/mol. The fourth-order valence-corrected chi connectivity index (χ4v) is 5.25. The third kappa shape index (κ3) is 7.25. The van der Waals surface area contributed by atoms with Crippen molar-refractivity contribution in [1.82, 2.24) is 0 Å². The van der Waals surface area contributed by atoms with Gasteiger partial charge in [0.1, 0.15) is 14.7 Å². The van der Waals surface area contributed by atoms with E-state index in [2.05, 4.69) is 0 Å². The molecule has 3 rings (SSSR count). The molecule has 11 N–H and O–H groups in total. The number of carbonyl (C=O) groups excluding carboxylic acids is 2. The number of nitrogens with two attached hydrogens (primary N) is 4. The van der Waals surface area contributed by atoms with Crippen LogP contribution in [0.1, 0.15) is 20.7 Å². The lowest BCUT2D eigenvalue weighted by molar-refractivity contribution is 0.0985. The monoisotopic (exact) mass is 588 g/mol. The average Bonchev–Trinajstić information content (AvgIpc) is 2.77. The van der Waals surface area contributed by atoms with E-state index in [4.69, 9.17) is 27.5 Å². The highest BCUT2D eigenvalue weighted by atomic mass is 32.2. The second-order valence-electron chi connectivity index (χ2n) is 7.38. The van der Waals surface area contributed by atoms with Crippen LogP contribution < -0.4 is 22.9 Å². The lowest BCUT2D eigenvalue weighted by Crippen LogP contribution is -2.18. The molecule has 38 heavy (non-hydrogen) atoms. The van der Waals surface area contributed by atoms with Crippen LogP contribution in [0.2, 0.25) is 0 Å². The van der Waals surface area contributed by atoms with Crippen molar-refractivity contribution in [1.29, 1.82) is 0 Å². The standard InChI is InChI=1S/C12H12N2O6S2.C8H8N2O5S/c13-7-1-3-9(11(5-7)21(15,16)17)10-4-2-8(14)6-12(10)22(18,19)20;9-7(11)4-1-2-5(8(10)12)6(3-4)16(13,14)15/h1-6H,13-14H2,(H,15,16,17)(H,18,19,20);1-3H,(H2,9,11)(H2,10,12)(H,13,14,15). The van der Waals surface area contributed by atoms with Crippen molar-refractivity contribution in [2.75, 3.05) is 11.5 Å². The molecule has 0 atom stereocenters. The Morgan fingerprint density at radius 1 is 0.553 bits per heavy atom. The Bertz CT molecular complexity index is 1690. The zero-order valence-electron chi connectivity index (χ0n) is 18.8. The first-order valence-electron chi connectivity index (χ1n) is 9.69. The van der Waals surface area contributed by atoms with Gasteiger partial charge in [0.2, 0.25) is 11.8 Å². The van der Waals surface area contributed by atoms with E-state index in [-0.39, 0.29) is 28.1 Å². The average molecular weight is 589 g/mol. The first-order valence-corrected chi connectivity index (χ1v) is 14.0. The quantitative estimate of drug-likeness (QED) is 0.149. The predicted octanol–water partition coefficient (Wildman–Crippen LogP) is 0.143. The Labute approximate surface area is 216 Å². The van der Waals surface area contributed by atoms with Crippen LogP contribution in [0.3, 0.4) is 0 Å². The normalized spacial score (nSPS) is 11.8. The Morgan fingerprint density at radius 3 is 1.26 bits per heavy atom. The third-order valence-electron chi connectivity index (χ3n) is 4.67. The molecule has 0 radical (unpaired) electrons. The van der Waals surface area contributed by atoms with Crippen LogP contribution in [0.25, 0.3) is 11.1 Å². The number of benzene rings is 3. The van der Waals surface area contributed by atoms with Crippen LogP contribution in [-0.2, 0) is 30.4 Å². The van der Waals surface area contributed by atoms with Gasteiger partial charge in [-0.3, -0.25) is 23.2 Å². The first-order chi connectivity index (χ1) is 17.2. The van der Waals surface area contributed by atoms with Gasteiger partial charge in [0, 0.05) is 28.1 Å². The van der Waals surface area contributed by atoms with Crippen LogP contribution in [0.5, 0.6) is 0 Å². The minimum atomic E-state index is -4.66. The van der Waals surface area contributed by atoms with Crippen LogP contribution in [-0.4, -0.2) is 50.7 Å². The van der Waals surface area contributed by atoms with Gasteiger partial charge in [-0.25, -0.2) is 0 Å². The molecule has 0 bridgehead atoms. The molecule has 0 saturated carbocycles. The van der Waals surface area contributed by atoms with Gasteiger partial charge in [0.15, 0.2) is 0 Å². The number of carbonyl (C=O) groups is 2. The maximum absolute atomic E-state index is 11.5. The lowest BCUT2D eigenvalue weighted by Gasteiger charge is -2.12. The molecule has 0 aliphatic carbocycles. The van der Waals surface area contributed by atoms with Gasteiger partial charge in [0.25, 0.3) is 30.4 Å². The highest BCUT2D eigenvalue weighted by Crippen LogP contribution is 2.34. The van der Waals surface area contributed by atoms with Crippen LogP contribution >= 0.6 is 0 Å². The van der Waals surface area contributed by atoms with Crippen molar-refractivity contribution >= 4 is 53.5 Å². The molecule has 0 heterocycles. The summed E-state index contributed by atoms with van der Waals surface area (Å²) in [4.78, 5) is 19.8.